The van der Waals surface area contributed by atoms with Crippen molar-refractivity contribution in [3.05, 3.63) is 65.7 Å². The molecule has 0 aliphatic carbocycles. The van der Waals surface area contributed by atoms with Crippen LogP contribution in [0.5, 0.6) is 5.75 Å². The van der Waals surface area contributed by atoms with Gasteiger partial charge in [-0.25, -0.2) is 0 Å². The maximum atomic E-state index is 6.01. The molecule has 1 atom stereocenters. The first kappa shape index (κ1) is 14.2. The fraction of sp³-hybridized carbons (Fsp3) is 0.368. The third kappa shape index (κ3) is 3.85. The summed E-state index contributed by atoms with van der Waals surface area (Å²) in [5, 5.41) is 0. The molecule has 110 valence electrons. The minimum absolute atomic E-state index is 0.255. The molecule has 1 heterocycles. The quantitative estimate of drug-likeness (QED) is 0.842. The molecular weight excluding hydrogens is 258 g/mol. The third-order valence-electron chi connectivity index (χ3n) is 3.99. The summed E-state index contributed by atoms with van der Waals surface area (Å²) in [7, 11) is 0. The minimum Gasteiger partial charge on any atom is -0.489 e. The zero-order valence-corrected chi connectivity index (χ0v) is 12.7. The van der Waals surface area contributed by atoms with Crippen molar-refractivity contribution in [2.45, 2.75) is 32.4 Å². The molecule has 0 N–H and O–H groups in total. The average molecular weight is 281 g/mol. The maximum Gasteiger partial charge on any atom is 0.124 e. The van der Waals surface area contributed by atoms with Gasteiger partial charge >= 0.3 is 0 Å². The van der Waals surface area contributed by atoms with E-state index in [1.54, 1.807) is 0 Å². The van der Waals surface area contributed by atoms with Crippen molar-refractivity contribution in [1.29, 1.82) is 0 Å². The smallest absolute Gasteiger partial charge is 0.124 e. The van der Waals surface area contributed by atoms with Crippen molar-refractivity contribution in [3.8, 4) is 5.75 Å². The monoisotopic (exact) mass is 281 g/mol. The Morgan fingerprint density at radius 3 is 2.67 bits per heavy atom. The van der Waals surface area contributed by atoms with Crippen LogP contribution in [0.15, 0.2) is 54.6 Å². The first-order chi connectivity index (χ1) is 10.3. The highest BCUT2D eigenvalue weighted by molar-refractivity contribution is 5.34. The summed E-state index contributed by atoms with van der Waals surface area (Å²) in [6, 6.07) is 19.1. The van der Waals surface area contributed by atoms with E-state index < -0.39 is 0 Å². The molecule has 0 saturated carbocycles. The van der Waals surface area contributed by atoms with Crippen LogP contribution in [0.2, 0.25) is 0 Å². The number of para-hydroxylation sites is 1. The number of ether oxygens (including phenoxy) is 1. The number of fused-ring (bicyclic) bond motifs is 1. The maximum absolute atomic E-state index is 6.01. The number of rotatable bonds is 4. The zero-order chi connectivity index (χ0) is 14.5. The predicted octanol–water partition coefficient (Wildman–Crippen LogP) is 3.90. The normalized spacial score (nSPS) is 18.6. The Hall–Kier alpha value is -1.80. The molecule has 3 rings (SSSR count). The van der Waals surface area contributed by atoms with E-state index in [0.717, 1.165) is 31.8 Å². The van der Waals surface area contributed by atoms with Crippen LogP contribution in [0.1, 0.15) is 24.5 Å². The van der Waals surface area contributed by atoms with Crippen molar-refractivity contribution in [1.82, 2.24) is 4.90 Å². The topological polar surface area (TPSA) is 12.5 Å². The molecule has 2 aromatic rings. The first-order valence-electron chi connectivity index (χ1n) is 7.82. The Labute approximate surface area is 127 Å². The Morgan fingerprint density at radius 1 is 1.05 bits per heavy atom. The minimum atomic E-state index is 0.255. The van der Waals surface area contributed by atoms with Gasteiger partial charge in [0.05, 0.1) is 0 Å². The standard InChI is InChI=1S/C19H23NO/c1-16-14-20(13-7-10-17-8-3-2-4-9-17)15-18-11-5-6-12-19(18)21-16/h2-6,8-9,11-12,16H,7,10,13-15H2,1H3/t16-/m1/s1. The molecule has 1 aliphatic rings. The fourth-order valence-electron chi connectivity index (χ4n) is 2.99. The Bertz CT molecular complexity index is 567. The molecule has 2 heteroatoms. The van der Waals surface area contributed by atoms with E-state index >= 15 is 0 Å². The molecular formula is C19H23NO. The van der Waals surface area contributed by atoms with E-state index in [0.29, 0.717) is 0 Å². The van der Waals surface area contributed by atoms with Crippen LogP contribution in [0, 0.1) is 0 Å². The van der Waals surface area contributed by atoms with E-state index in [-0.39, 0.29) is 6.10 Å². The highest BCUT2D eigenvalue weighted by atomic mass is 16.5. The predicted molar refractivity (Wildman–Crippen MR) is 86.6 cm³/mol. The highest BCUT2D eigenvalue weighted by Gasteiger charge is 2.19. The van der Waals surface area contributed by atoms with Gasteiger partial charge in [-0.15, -0.1) is 0 Å². The van der Waals surface area contributed by atoms with Crippen molar-refractivity contribution in [2.75, 3.05) is 13.1 Å². The molecule has 0 fully saturated rings. The zero-order valence-electron chi connectivity index (χ0n) is 12.7. The lowest BCUT2D eigenvalue weighted by molar-refractivity contribution is 0.160. The van der Waals surface area contributed by atoms with Crippen molar-refractivity contribution in [3.63, 3.8) is 0 Å². The van der Waals surface area contributed by atoms with Gasteiger partial charge in [-0.1, -0.05) is 48.5 Å². The van der Waals surface area contributed by atoms with Crippen LogP contribution in [0.3, 0.4) is 0 Å². The van der Waals surface area contributed by atoms with Crippen LogP contribution in [-0.2, 0) is 13.0 Å². The van der Waals surface area contributed by atoms with Gasteiger partial charge in [0, 0.05) is 18.7 Å². The van der Waals surface area contributed by atoms with Gasteiger partial charge in [0.25, 0.3) is 0 Å². The number of hydrogen-bond acceptors (Lipinski definition) is 2. The van der Waals surface area contributed by atoms with Crippen LogP contribution >= 0.6 is 0 Å². The SMILES string of the molecule is C[C@@H]1CN(CCCc2ccccc2)Cc2ccccc2O1. The van der Waals surface area contributed by atoms with Gasteiger partial charge in [-0.05, 0) is 37.9 Å². The van der Waals surface area contributed by atoms with Crippen LogP contribution in [-0.4, -0.2) is 24.1 Å². The van der Waals surface area contributed by atoms with Crippen molar-refractivity contribution in [2.24, 2.45) is 0 Å². The van der Waals surface area contributed by atoms with Gasteiger partial charge in [-0.2, -0.15) is 0 Å². The lowest BCUT2D eigenvalue weighted by Crippen LogP contribution is -2.31. The Morgan fingerprint density at radius 2 is 1.81 bits per heavy atom. The fourth-order valence-corrected chi connectivity index (χ4v) is 2.99. The van der Waals surface area contributed by atoms with Gasteiger partial charge in [-0.3, -0.25) is 4.90 Å². The second-order valence-corrected chi connectivity index (χ2v) is 5.86. The molecule has 0 spiro atoms. The second kappa shape index (κ2) is 6.77. The average Bonchev–Trinajstić information content (AvgIpc) is 2.66. The number of benzene rings is 2. The molecule has 21 heavy (non-hydrogen) atoms. The van der Waals surface area contributed by atoms with E-state index in [2.05, 4.69) is 66.4 Å². The first-order valence-corrected chi connectivity index (χ1v) is 7.82. The summed E-state index contributed by atoms with van der Waals surface area (Å²) in [4.78, 5) is 2.51. The summed E-state index contributed by atoms with van der Waals surface area (Å²) in [5.41, 5.74) is 2.73. The van der Waals surface area contributed by atoms with E-state index in [1.165, 1.54) is 17.5 Å². The second-order valence-electron chi connectivity index (χ2n) is 5.86. The molecule has 1 aliphatic heterocycles. The van der Waals surface area contributed by atoms with Gasteiger partial charge < -0.3 is 4.74 Å². The van der Waals surface area contributed by atoms with Gasteiger partial charge in [0.1, 0.15) is 11.9 Å². The Balaban J connectivity index is 1.58. The molecule has 0 saturated heterocycles. The summed E-state index contributed by atoms with van der Waals surface area (Å²) in [5.74, 6) is 1.05. The lowest BCUT2D eigenvalue weighted by atomic mass is 10.1. The number of hydrogen-bond donors (Lipinski definition) is 0. The molecule has 2 aromatic carbocycles. The van der Waals surface area contributed by atoms with Crippen molar-refractivity contribution < 1.29 is 4.74 Å². The third-order valence-corrected chi connectivity index (χ3v) is 3.99. The lowest BCUT2D eigenvalue weighted by Gasteiger charge is -2.21. The largest absolute Gasteiger partial charge is 0.489 e. The molecule has 0 radical (unpaired) electrons. The Kier molecular flexibility index (Phi) is 4.56. The molecule has 2 nitrogen and oxygen atoms in total. The van der Waals surface area contributed by atoms with Crippen LogP contribution < -0.4 is 4.74 Å². The van der Waals surface area contributed by atoms with Crippen LogP contribution in [0.25, 0.3) is 0 Å². The molecule has 0 unspecified atom stereocenters. The summed E-state index contributed by atoms with van der Waals surface area (Å²) < 4.78 is 6.01. The summed E-state index contributed by atoms with van der Waals surface area (Å²) >= 11 is 0. The molecule has 0 aromatic heterocycles. The highest BCUT2D eigenvalue weighted by Crippen LogP contribution is 2.24. The van der Waals surface area contributed by atoms with E-state index in [1.807, 2.05) is 0 Å². The van der Waals surface area contributed by atoms with Crippen LogP contribution in [0.4, 0.5) is 0 Å². The van der Waals surface area contributed by atoms with Gasteiger partial charge in [0.2, 0.25) is 0 Å². The van der Waals surface area contributed by atoms with E-state index in [9.17, 15) is 0 Å². The summed E-state index contributed by atoms with van der Waals surface area (Å²) in [6.45, 7) is 5.28. The number of aryl methyl sites for hydroxylation is 1. The molecule has 0 amide bonds. The van der Waals surface area contributed by atoms with Crippen molar-refractivity contribution >= 4 is 0 Å². The summed E-state index contributed by atoms with van der Waals surface area (Å²) in [6.07, 6.45) is 2.60. The van der Waals surface area contributed by atoms with Gasteiger partial charge in [0.15, 0.2) is 0 Å². The number of nitrogens with zero attached hydrogens (tertiary/aromatic N) is 1. The van der Waals surface area contributed by atoms with E-state index in [4.69, 9.17) is 4.74 Å². The molecule has 0 bridgehead atoms.